The molecule has 0 fully saturated rings. The maximum absolute atomic E-state index is 4.56. The molecule has 0 aliphatic rings. The van der Waals surface area contributed by atoms with Crippen LogP contribution in [0.3, 0.4) is 0 Å². The minimum Gasteiger partial charge on any atom is -0.355 e. The van der Waals surface area contributed by atoms with E-state index in [0.29, 0.717) is 5.92 Å². The fraction of sp³-hybridized carbons (Fsp3) is 0.467. The first kappa shape index (κ1) is 13.6. The Hall–Kier alpha value is -1.84. The standard InChI is InChI=1S/C15H22N4/c1-11(2)8-17-15-18-12(3)10-19(15)13(4)14-6-5-7-16-9-14/h5-7,9-11,13H,8H2,1-4H3,(H,17,18). The molecule has 2 heterocycles. The van der Waals surface area contributed by atoms with Gasteiger partial charge in [-0.2, -0.15) is 0 Å². The number of hydrogen-bond acceptors (Lipinski definition) is 3. The molecule has 0 aliphatic carbocycles. The molecule has 0 radical (unpaired) electrons. The van der Waals surface area contributed by atoms with Crippen molar-refractivity contribution in [2.45, 2.75) is 33.7 Å². The highest BCUT2D eigenvalue weighted by Crippen LogP contribution is 2.22. The summed E-state index contributed by atoms with van der Waals surface area (Å²) in [5.41, 5.74) is 2.22. The van der Waals surface area contributed by atoms with Crippen molar-refractivity contribution in [3.05, 3.63) is 42.0 Å². The van der Waals surface area contributed by atoms with Gasteiger partial charge in [0, 0.05) is 25.1 Å². The maximum Gasteiger partial charge on any atom is 0.203 e. The third-order valence-corrected chi connectivity index (χ3v) is 3.11. The van der Waals surface area contributed by atoms with Crippen LogP contribution in [-0.2, 0) is 0 Å². The fourth-order valence-corrected chi connectivity index (χ4v) is 2.02. The molecule has 0 spiro atoms. The molecular weight excluding hydrogens is 236 g/mol. The quantitative estimate of drug-likeness (QED) is 0.895. The van der Waals surface area contributed by atoms with Crippen LogP contribution >= 0.6 is 0 Å². The van der Waals surface area contributed by atoms with E-state index in [2.05, 4.69) is 52.9 Å². The Kier molecular flexibility index (Phi) is 4.20. The van der Waals surface area contributed by atoms with Gasteiger partial charge in [-0.1, -0.05) is 19.9 Å². The second kappa shape index (κ2) is 5.87. The van der Waals surface area contributed by atoms with Crippen LogP contribution in [0.25, 0.3) is 0 Å². The van der Waals surface area contributed by atoms with E-state index in [-0.39, 0.29) is 6.04 Å². The van der Waals surface area contributed by atoms with Crippen LogP contribution in [0.1, 0.15) is 38.1 Å². The highest BCUT2D eigenvalue weighted by Gasteiger charge is 2.13. The van der Waals surface area contributed by atoms with Crippen molar-refractivity contribution in [2.24, 2.45) is 5.92 Å². The van der Waals surface area contributed by atoms with Crippen LogP contribution in [0.5, 0.6) is 0 Å². The molecule has 2 aromatic heterocycles. The van der Waals surface area contributed by atoms with Crippen molar-refractivity contribution < 1.29 is 0 Å². The van der Waals surface area contributed by atoms with E-state index in [0.717, 1.165) is 18.2 Å². The summed E-state index contributed by atoms with van der Waals surface area (Å²) in [6.07, 6.45) is 5.79. The molecule has 1 N–H and O–H groups in total. The largest absolute Gasteiger partial charge is 0.355 e. The molecule has 0 bridgehead atoms. The van der Waals surface area contributed by atoms with Gasteiger partial charge in [-0.05, 0) is 31.4 Å². The van der Waals surface area contributed by atoms with E-state index in [4.69, 9.17) is 0 Å². The number of pyridine rings is 1. The topological polar surface area (TPSA) is 42.7 Å². The minimum absolute atomic E-state index is 0.226. The van der Waals surface area contributed by atoms with Crippen LogP contribution in [0.2, 0.25) is 0 Å². The molecule has 4 heteroatoms. The number of aryl methyl sites for hydroxylation is 1. The Bertz CT molecular complexity index is 516. The smallest absolute Gasteiger partial charge is 0.203 e. The first-order valence-electron chi connectivity index (χ1n) is 6.77. The third-order valence-electron chi connectivity index (χ3n) is 3.11. The zero-order chi connectivity index (χ0) is 13.8. The van der Waals surface area contributed by atoms with Gasteiger partial charge in [-0.25, -0.2) is 4.98 Å². The average molecular weight is 258 g/mol. The second-order valence-electron chi connectivity index (χ2n) is 5.35. The SMILES string of the molecule is Cc1cn(C(C)c2cccnc2)c(NCC(C)C)n1. The van der Waals surface area contributed by atoms with Gasteiger partial charge in [-0.3, -0.25) is 4.98 Å². The maximum atomic E-state index is 4.56. The zero-order valence-electron chi connectivity index (χ0n) is 12.1. The van der Waals surface area contributed by atoms with Gasteiger partial charge >= 0.3 is 0 Å². The van der Waals surface area contributed by atoms with Crippen molar-refractivity contribution in [3.63, 3.8) is 0 Å². The predicted octanol–water partition coefficient (Wildman–Crippen LogP) is 3.26. The van der Waals surface area contributed by atoms with Crippen LogP contribution in [0.15, 0.2) is 30.7 Å². The first-order chi connectivity index (χ1) is 9.08. The van der Waals surface area contributed by atoms with Crippen molar-refractivity contribution in [1.82, 2.24) is 14.5 Å². The second-order valence-corrected chi connectivity index (χ2v) is 5.35. The molecule has 102 valence electrons. The van der Waals surface area contributed by atoms with Gasteiger partial charge in [0.25, 0.3) is 0 Å². The monoisotopic (exact) mass is 258 g/mol. The molecule has 1 unspecified atom stereocenters. The number of anilines is 1. The molecule has 4 nitrogen and oxygen atoms in total. The normalized spacial score (nSPS) is 12.7. The number of nitrogens with zero attached hydrogens (tertiary/aromatic N) is 3. The molecule has 0 saturated heterocycles. The van der Waals surface area contributed by atoms with Gasteiger partial charge < -0.3 is 9.88 Å². The average Bonchev–Trinajstić information content (AvgIpc) is 2.78. The number of aromatic nitrogens is 3. The summed E-state index contributed by atoms with van der Waals surface area (Å²) < 4.78 is 2.18. The van der Waals surface area contributed by atoms with Crippen LogP contribution in [0, 0.1) is 12.8 Å². The van der Waals surface area contributed by atoms with E-state index >= 15 is 0 Å². The molecule has 1 atom stereocenters. The van der Waals surface area contributed by atoms with Crippen molar-refractivity contribution in [1.29, 1.82) is 0 Å². The summed E-state index contributed by atoms with van der Waals surface area (Å²) in [4.78, 5) is 8.75. The summed E-state index contributed by atoms with van der Waals surface area (Å²) >= 11 is 0. The van der Waals surface area contributed by atoms with E-state index in [1.165, 1.54) is 5.56 Å². The fourth-order valence-electron chi connectivity index (χ4n) is 2.02. The van der Waals surface area contributed by atoms with E-state index in [1.54, 1.807) is 6.20 Å². The Morgan fingerprint density at radius 2 is 2.11 bits per heavy atom. The van der Waals surface area contributed by atoms with E-state index in [1.807, 2.05) is 19.2 Å². The zero-order valence-corrected chi connectivity index (χ0v) is 12.1. The highest BCUT2D eigenvalue weighted by molar-refractivity contribution is 5.32. The molecule has 2 rings (SSSR count). The Morgan fingerprint density at radius 3 is 2.74 bits per heavy atom. The Balaban J connectivity index is 2.24. The summed E-state index contributed by atoms with van der Waals surface area (Å²) in [7, 11) is 0. The van der Waals surface area contributed by atoms with Crippen LogP contribution < -0.4 is 5.32 Å². The lowest BCUT2D eigenvalue weighted by atomic mass is 10.1. The van der Waals surface area contributed by atoms with Gasteiger partial charge in [0.05, 0.1) is 11.7 Å². The lowest BCUT2D eigenvalue weighted by Crippen LogP contribution is -2.15. The highest BCUT2D eigenvalue weighted by atomic mass is 15.2. The summed E-state index contributed by atoms with van der Waals surface area (Å²) in [5, 5.41) is 3.42. The number of imidazole rings is 1. The number of rotatable bonds is 5. The van der Waals surface area contributed by atoms with Crippen molar-refractivity contribution in [2.75, 3.05) is 11.9 Å². The summed E-state index contributed by atoms with van der Waals surface area (Å²) in [6.45, 7) is 9.50. The van der Waals surface area contributed by atoms with Gasteiger partial charge in [0.15, 0.2) is 0 Å². The van der Waals surface area contributed by atoms with E-state index < -0.39 is 0 Å². The molecule has 2 aromatic rings. The third kappa shape index (κ3) is 3.34. The lowest BCUT2D eigenvalue weighted by Gasteiger charge is -2.17. The number of nitrogens with one attached hydrogen (secondary N) is 1. The molecule has 0 saturated carbocycles. The van der Waals surface area contributed by atoms with Crippen molar-refractivity contribution in [3.8, 4) is 0 Å². The van der Waals surface area contributed by atoms with Crippen LogP contribution in [0.4, 0.5) is 5.95 Å². The molecular formula is C15H22N4. The van der Waals surface area contributed by atoms with Gasteiger partial charge in [0.1, 0.15) is 0 Å². The Morgan fingerprint density at radius 1 is 1.32 bits per heavy atom. The molecule has 0 amide bonds. The molecule has 0 aromatic carbocycles. The molecule has 0 aliphatic heterocycles. The van der Waals surface area contributed by atoms with Crippen molar-refractivity contribution >= 4 is 5.95 Å². The lowest BCUT2D eigenvalue weighted by molar-refractivity contribution is 0.626. The molecule has 19 heavy (non-hydrogen) atoms. The summed E-state index contributed by atoms with van der Waals surface area (Å²) in [5.74, 6) is 1.53. The minimum atomic E-state index is 0.226. The van der Waals surface area contributed by atoms with E-state index in [9.17, 15) is 0 Å². The van der Waals surface area contributed by atoms with Gasteiger partial charge in [0.2, 0.25) is 5.95 Å². The summed E-state index contributed by atoms with van der Waals surface area (Å²) in [6, 6.07) is 4.29. The first-order valence-corrected chi connectivity index (χ1v) is 6.77. The van der Waals surface area contributed by atoms with Gasteiger partial charge in [-0.15, -0.1) is 0 Å². The Labute approximate surface area is 114 Å². The predicted molar refractivity (Wildman–Crippen MR) is 78.3 cm³/mol. The number of hydrogen-bond donors (Lipinski definition) is 1. The van der Waals surface area contributed by atoms with Crippen LogP contribution in [-0.4, -0.2) is 21.1 Å².